The van der Waals surface area contributed by atoms with Gasteiger partial charge in [0.15, 0.2) is 0 Å². The quantitative estimate of drug-likeness (QED) is 0.331. The minimum Gasteiger partial charge on any atom is -0.0622 e. The van der Waals surface area contributed by atoms with Gasteiger partial charge in [-0.05, 0) is 76.8 Å². The zero-order valence-corrected chi connectivity index (χ0v) is 17.2. The second-order valence-corrected chi connectivity index (χ2v) is 8.40. The van der Waals surface area contributed by atoms with Gasteiger partial charge in [-0.2, -0.15) is 0 Å². The third-order valence-electron chi connectivity index (χ3n) is 6.44. The maximum Gasteiger partial charge on any atom is -0.00701 e. The van der Waals surface area contributed by atoms with E-state index in [-0.39, 0.29) is 0 Å². The summed E-state index contributed by atoms with van der Waals surface area (Å²) in [6, 6.07) is 29.2. The summed E-state index contributed by atoms with van der Waals surface area (Å²) in [5, 5.41) is 2.79. The zero-order chi connectivity index (χ0) is 19.6. The average molecular weight is 377 g/mol. The smallest absolute Gasteiger partial charge is 0.00701 e. The largest absolute Gasteiger partial charge is 0.0622 e. The molecule has 0 fully saturated rings. The van der Waals surface area contributed by atoms with Gasteiger partial charge in [0.1, 0.15) is 0 Å². The minimum atomic E-state index is 1.18. The first-order valence-electron chi connectivity index (χ1n) is 11.0. The van der Waals surface area contributed by atoms with E-state index in [0.717, 1.165) is 0 Å². The second-order valence-electron chi connectivity index (χ2n) is 8.40. The molecule has 0 heterocycles. The van der Waals surface area contributed by atoms with Crippen LogP contribution in [0.1, 0.15) is 42.4 Å². The fraction of sp³-hybridized carbons (Fsp3) is 0.241. The summed E-state index contributed by atoms with van der Waals surface area (Å²) in [5.74, 6) is 0. The Kier molecular flexibility index (Phi) is 4.94. The number of aryl methyl sites for hydroxylation is 1. The molecule has 0 amide bonds. The van der Waals surface area contributed by atoms with Gasteiger partial charge in [0.2, 0.25) is 0 Å². The van der Waals surface area contributed by atoms with E-state index in [9.17, 15) is 0 Å². The lowest BCUT2D eigenvalue weighted by atomic mass is 9.79. The van der Waals surface area contributed by atoms with Gasteiger partial charge in [-0.25, -0.2) is 0 Å². The van der Waals surface area contributed by atoms with Crippen molar-refractivity contribution in [2.75, 3.05) is 0 Å². The first-order valence-corrected chi connectivity index (χ1v) is 11.0. The van der Waals surface area contributed by atoms with Gasteiger partial charge in [0, 0.05) is 0 Å². The van der Waals surface area contributed by atoms with Crippen LogP contribution in [0.2, 0.25) is 0 Å². The van der Waals surface area contributed by atoms with Crippen molar-refractivity contribution in [2.45, 2.75) is 45.4 Å². The Hall–Kier alpha value is -2.86. The van der Waals surface area contributed by atoms with Crippen LogP contribution < -0.4 is 0 Å². The van der Waals surface area contributed by atoms with Gasteiger partial charge in [0.05, 0.1) is 0 Å². The Morgan fingerprint density at radius 3 is 1.52 bits per heavy atom. The minimum absolute atomic E-state index is 1.18. The van der Waals surface area contributed by atoms with Gasteiger partial charge >= 0.3 is 0 Å². The SMILES string of the molecule is Cc1ccc(-c2c3c(c(-c4ccccc4)c4ccccc24)CCCCCC3)cc1. The summed E-state index contributed by atoms with van der Waals surface area (Å²) in [7, 11) is 0. The molecule has 0 heteroatoms. The molecule has 0 bridgehead atoms. The van der Waals surface area contributed by atoms with Crippen molar-refractivity contribution in [1.29, 1.82) is 0 Å². The standard InChI is InChI=1S/C29H28/c1-21-17-19-23(20-18-21)29-25-14-8-3-2-7-13-24(25)28(22-11-5-4-6-12-22)26-15-9-10-16-27(26)29/h4-6,9-12,15-20H,2-3,7-8,13-14H2,1H3. The van der Waals surface area contributed by atoms with Crippen LogP contribution in [0.4, 0.5) is 0 Å². The number of hydrogen-bond acceptors (Lipinski definition) is 0. The lowest BCUT2D eigenvalue weighted by molar-refractivity contribution is 0.619. The molecule has 0 nitrogen and oxygen atoms in total. The van der Waals surface area contributed by atoms with Crippen LogP contribution in [0.5, 0.6) is 0 Å². The van der Waals surface area contributed by atoms with E-state index < -0.39 is 0 Å². The number of benzene rings is 4. The summed E-state index contributed by atoms with van der Waals surface area (Å²) in [6.45, 7) is 2.17. The molecule has 1 aliphatic rings. The third kappa shape index (κ3) is 3.38. The Balaban J connectivity index is 1.90. The fourth-order valence-electron chi connectivity index (χ4n) is 5.04. The van der Waals surface area contributed by atoms with Crippen molar-refractivity contribution in [3.05, 3.63) is 95.6 Å². The van der Waals surface area contributed by atoms with Crippen LogP contribution in [-0.2, 0) is 12.8 Å². The third-order valence-corrected chi connectivity index (χ3v) is 6.44. The molecule has 4 aromatic carbocycles. The maximum atomic E-state index is 2.33. The highest BCUT2D eigenvalue weighted by Crippen LogP contribution is 2.44. The Labute approximate surface area is 174 Å². The van der Waals surface area contributed by atoms with Crippen LogP contribution >= 0.6 is 0 Å². The van der Waals surface area contributed by atoms with Gasteiger partial charge in [-0.3, -0.25) is 0 Å². The number of fused-ring (bicyclic) bond motifs is 2. The number of rotatable bonds is 2. The summed E-state index contributed by atoms with van der Waals surface area (Å²) >= 11 is 0. The molecule has 29 heavy (non-hydrogen) atoms. The van der Waals surface area contributed by atoms with Crippen molar-refractivity contribution < 1.29 is 0 Å². The monoisotopic (exact) mass is 376 g/mol. The van der Waals surface area contributed by atoms with Crippen LogP contribution in [0.25, 0.3) is 33.0 Å². The highest BCUT2D eigenvalue weighted by atomic mass is 14.3. The van der Waals surface area contributed by atoms with E-state index in [4.69, 9.17) is 0 Å². The van der Waals surface area contributed by atoms with E-state index >= 15 is 0 Å². The molecule has 0 spiro atoms. The predicted molar refractivity (Wildman–Crippen MR) is 125 cm³/mol. The van der Waals surface area contributed by atoms with E-state index in [1.807, 2.05) is 0 Å². The van der Waals surface area contributed by atoms with Crippen molar-refractivity contribution in [2.24, 2.45) is 0 Å². The van der Waals surface area contributed by atoms with E-state index in [1.165, 1.54) is 77.1 Å². The van der Waals surface area contributed by atoms with Gasteiger partial charge in [0.25, 0.3) is 0 Å². The summed E-state index contributed by atoms with van der Waals surface area (Å²) < 4.78 is 0. The van der Waals surface area contributed by atoms with Crippen LogP contribution in [-0.4, -0.2) is 0 Å². The molecule has 5 rings (SSSR count). The highest BCUT2D eigenvalue weighted by Gasteiger charge is 2.21. The molecule has 1 aliphatic carbocycles. The molecule has 0 radical (unpaired) electrons. The first kappa shape index (κ1) is 18.2. The fourth-order valence-corrected chi connectivity index (χ4v) is 5.04. The highest BCUT2D eigenvalue weighted by molar-refractivity contribution is 6.08. The number of hydrogen-bond donors (Lipinski definition) is 0. The lowest BCUT2D eigenvalue weighted by Crippen LogP contribution is -2.06. The molecule has 0 atom stereocenters. The Bertz CT molecular complexity index is 1130. The normalized spacial score (nSPS) is 14.2. The molecule has 4 aromatic rings. The second kappa shape index (κ2) is 7.87. The van der Waals surface area contributed by atoms with Crippen LogP contribution in [0, 0.1) is 6.92 Å². The van der Waals surface area contributed by atoms with Crippen molar-refractivity contribution in [3.63, 3.8) is 0 Å². The van der Waals surface area contributed by atoms with Gasteiger partial charge < -0.3 is 0 Å². The summed E-state index contributed by atoms with van der Waals surface area (Å²) in [4.78, 5) is 0. The molecular formula is C29H28. The van der Waals surface area contributed by atoms with Gasteiger partial charge in [-0.1, -0.05) is 97.3 Å². The molecule has 0 aliphatic heterocycles. The molecule has 0 saturated heterocycles. The van der Waals surface area contributed by atoms with E-state index in [2.05, 4.69) is 85.8 Å². The maximum absolute atomic E-state index is 2.33. The van der Waals surface area contributed by atoms with Crippen molar-refractivity contribution >= 4 is 10.8 Å². The Morgan fingerprint density at radius 2 is 0.966 bits per heavy atom. The van der Waals surface area contributed by atoms with Crippen molar-refractivity contribution in [1.82, 2.24) is 0 Å². The first-order chi connectivity index (χ1) is 14.3. The molecule has 144 valence electrons. The molecule has 0 N–H and O–H groups in total. The predicted octanol–water partition coefficient (Wildman–Crippen LogP) is 8.14. The zero-order valence-electron chi connectivity index (χ0n) is 17.2. The molecular weight excluding hydrogens is 348 g/mol. The van der Waals surface area contributed by atoms with E-state index in [0.29, 0.717) is 0 Å². The van der Waals surface area contributed by atoms with Crippen molar-refractivity contribution in [3.8, 4) is 22.3 Å². The molecule has 0 saturated carbocycles. The lowest BCUT2D eigenvalue weighted by Gasteiger charge is -2.25. The topological polar surface area (TPSA) is 0 Å². The summed E-state index contributed by atoms with van der Waals surface area (Å²) in [5.41, 5.74) is 10.2. The van der Waals surface area contributed by atoms with Crippen LogP contribution in [0.15, 0.2) is 78.9 Å². The Morgan fingerprint density at radius 1 is 0.483 bits per heavy atom. The van der Waals surface area contributed by atoms with E-state index in [1.54, 1.807) is 11.1 Å². The molecule has 0 unspecified atom stereocenters. The average Bonchev–Trinajstić information content (AvgIpc) is 2.74. The van der Waals surface area contributed by atoms with Crippen LogP contribution in [0.3, 0.4) is 0 Å². The summed E-state index contributed by atoms with van der Waals surface area (Å²) in [6.07, 6.45) is 7.64. The molecule has 0 aromatic heterocycles. The van der Waals surface area contributed by atoms with Gasteiger partial charge in [-0.15, -0.1) is 0 Å².